The van der Waals surface area contributed by atoms with Crippen LogP contribution < -0.4 is 0 Å². The van der Waals surface area contributed by atoms with E-state index in [9.17, 15) is 4.79 Å². The van der Waals surface area contributed by atoms with Gasteiger partial charge in [-0.05, 0) is 24.8 Å². The Hall–Kier alpha value is -1.36. The fourth-order valence-corrected chi connectivity index (χ4v) is 2.92. The number of nitrogens with zero attached hydrogens (tertiary/aromatic N) is 2. The predicted molar refractivity (Wildman–Crippen MR) is 61.6 cm³/mol. The van der Waals surface area contributed by atoms with Crippen LogP contribution >= 0.6 is 0 Å². The average molecular weight is 235 g/mol. The van der Waals surface area contributed by atoms with E-state index in [2.05, 4.69) is 17.1 Å². The molecule has 1 aromatic heterocycles. The molecule has 2 unspecified atom stereocenters. The number of hydrogen-bond donors (Lipinski definition) is 1. The van der Waals surface area contributed by atoms with Gasteiger partial charge >= 0.3 is 0 Å². The molecule has 92 valence electrons. The first-order valence-electron chi connectivity index (χ1n) is 6.11. The zero-order valence-electron chi connectivity index (χ0n) is 9.98. The van der Waals surface area contributed by atoms with Gasteiger partial charge in [-0.3, -0.25) is 9.89 Å². The van der Waals surface area contributed by atoms with Crippen molar-refractivity contribution >= 4 is 5.91 Å². The summed E-state index contributed by atoms with van der Waals surface area (Å²) in [5, 5.41) is 6.53. The summed E-state index contributed by atoms with van der Waals surface area (Å²) in [7, 11) is 0. The number of likely N-dealkylation sites (tertiary alicyclic amines) is 1. The molecule has 1 aromatic rings. The summed E-state index contributed by atoms with van der Waals surface area (Å²) in [4.78, 5) is 14.0. The van der Waals surface area contributed by atoms with Gasteiger partial charge in [0.25, 0.3) is 5.91 Å². The van der Waals surface area contributed by atoms with Crippen molar-refractivity contribution in [2.75, 3.05) is 19.7 Å². The molecule has 1 spiro atoms. The highest BCUT2D eigenvalue weighted by atomic mass is 16.5. The lowest BCUT2D eigenvalue weighted by molar-refractivity contribution is 0.0117. The van der Waals surface area contributed by atoms with Crippen LogP contribution in [-0.2, 0) is 4.74 Å². The Kier molecular flexibility index (Phi) is 2.43. The minimum Gasteiger partial charge on any atom is -0.373 e. The Balaban J connectivity index is 1.70. The third-order valence-electron chi connectivity index (χ3n) is 3.73. The summed E-state index contributed by atoms with van der Waals surface area (Å²) in [6, 6.07) is 1.71. The molecular weight excluding hydrogens is 218 g/mol. The largest absolute Gasteiger partial charge is 0.373 e. The lowest BCUT2D eigenvalue weighted by atomic mass is 9.94. The lowest BCUT2D eigenvalue weighted by Gasteiger charge is -2.23. The highest BCUT2D eigenvalue weighted by Crippen LogP contribution is 2.37. The molecule has 1 amide bonds. The van der Waals surface area contributed by atoms with Crippen molar-refractivity contribution in [3.8, 4) is 0 Å². The Morgan fingerprint density at radius 3 is 3.24 bits per heavy atom. The van der Waals surface area contributed by atoms with Crippen molar-refractivity contribution in [3.63, 3.8) is 0 Å². The maximum atomic E-state index is 12.1. The molecule has 0 saturated carbocycles. The maximum Gasteiger partial charge on any atom is 0.271 e. The third-order valence-corrected chi connectivity index (χ3v) is 3.73. The van der Waals surface area contributed by atoms with E-state index in [0.717, 1.165) is 32.5 Å². The summed E-state index contributed by atoms with van der Waals surface area (Å²) in [6.07, 6.45) is 3.63. The normalized spacial score (nSPS) is 32.5. The Bertz CT molecular complexity index is 417. The highest BCUT2D eigenvalue weighted by Gasteiger charge is 2.45. The topological polar surface area (TPSA) is 58.2 Å². The summed E-state index contributed by atoms with van der Waals surface area (Å²) in [6.45, 7) is 4.53. The van der Waals surface area contributed by atoms with Crippen molar-refractivity contribution in [1.82, 2.24) is 15.1 Å². The maximum absolute atomic E-state index is 12.1. The van der Waals surface area contributed by atoms with E-state index in [0.29, 0.717) is 11.6 Å². The van der Waals surface area contributed by atoms with Crippen LogP contribution in [-0.4, -0.2) is 46.3 Å². The van der Waals surface area contributed by atoms with E-state index in [-0.39, 0.29) is 11.5 Å². The van der Waals surface area contributed by atoms with Gasteiger partial charge in [0, 0.05) is 12.7 Å². The van der Waals surface area contributed by atoms with Crippen molar-refractivity contribution in [3.05, 3.63) is 18.0 Å². The molecule has 2 atom stereocenters. The van der Waals surface area contributed by atoms with E-state index >= 15 is 0 Å². The van der Waals surface area contributed by atoms with Gasteiger partial charge < -0.3 is 9.64 Å². The fourth-order valence-electron chi connectivity index (χ4n) is 2.92. The number of H-pyrrole nitrogens is 1. The fraction of sp³-hybridized carbons (Fsp3) is 0.667. The van der Waals surface area contributed by atoms with Gasteiger partial charge in [-0.2, -0.15) is 5.10 Å². The van der Waals surface area contributed by atoms with E-state index in [1.807, 2.05) is 4.90 Å². The molecule has 2 aliphatic heterocycles. The van der Waals surface area contributed by atoms with E-state index in [1.54, 1.807) is 12.3 Å². The molecule has 1 N–H and O–H groups in total. The smallest absolute Gasteiger partial charge is 0.271 e. The molecule has 0 aliphatic carbocycles. The van der Waals surface area contributed by atoms with E-state index < -0.39 is 0 Å². The van der Waals surface area contributed by atoms with Crippen molar-refractivity contribution in [1.29, 1.82) is 0 Å². The van der Waals surface area contributed by atoms with Crippen LogP contribution in [0.3, 0.4) is 0 Å². The van der Waals surface area contributed by atoms with Gasteiger partial charge in [0.1, 0.15) is 5.69 Å². The number of ether oxygens (including phenoxy) is 1. The molecule has 17 heavy (non-hydrogen) atoms. The number of rotatable bonds is 1. The molecule has 2 saturated heterocycles. The third kappa shape index (κ3) is 1.84. The molecule has 5 heteroatoms. The van der Waals surface area contributed by atoms with Crippen LogP contribution in [0.1, 0.15) is 30.3 Å². The molecule has 0 aromatic carbocycles. The molecular formula is C12H17N3O2. The highest BCUT2D eigenvalue weighted by molar-refractivity contribution is 5.92. The Morgan fingerprint density at radius 1 is 1.71 bits per heavy atom. The van der Waals surface area contributed by atoms with Crippen molar-refractivity contribution in [2.45, 2.75) is 25.4 Å². The first-order chi connectivity index (χ1) is 8.19. The molecule has 2 aliphatic rings. The Labute approximate surface area is 100 Å². The number of aromatic amines is 1. The zero-order chi connectivity index (χ0) is 11.9. The van der Waals surface area contributed by atoms with Gasteiger partial charge in [0.05, 0.1) is 18.8 Å². The number of aromatic nitrogens is 2. The molecule has 5 nitrogen and oxygen atoms in total. The van der Waals surface area contributed by atoms with Gasteiger partial charge in [-0.25, -0.2) is 0 Å². The first-order valence-corrected chi connectivity index (χ1v) is 6.11. The van der Waals surface area contributed by atoms with Gasteiger partial charge in [0.15, 0.2) is 0 Å². The average Bonchev–Trinajstić information content (AvgIpc) is 3.02. The summed E-state index contributed by atoms with van der Waals surface area (Å²) >= 11 is 0. The second-order valence-electron chi connectivity index (χ2n) is 5.25. The Morgan fingerprint density at radius 2 is 2.59 bits per heavy atom. The quantitative estimate of drug-likeness (QED) is 0.791. The second-order valence-corrected chi connectivity index (χ2v) is 5.25. The zero-order valence-corrected chi connectivity index (χ0v) is 9.98. The van der Waals surface area contributed by atoms with Crippen LogP contribution in [0, 0.1) is 5.92 Å². The lowest BCUT2D eigenvalue weighted by Crippen LogP contribution is -2.35. The number of nitrogens with one attached hydrogen (secondary N) is 1. The molecule has 3 heterocycles. The molecule has 0 bridgehead atoms. The van der Waals surface area contributed by atoms with Gasteiger partial charge in [0.2, 0.25) is 0 Å². The number of carbonyl (C=O) groups is 1. The monoisotopic (exact) mass is 235 g/mol. The second kappa shape index (κ2) is 3.84. The van der Waals surface area contributed by atoms with Gasteiger partial charge in [-0.1, -0.05) is 6.92 Å². The predicted octanol–water partition coefficient (Wildman–Crippen LogP) is 1.05. The van der Waals surface area contributed by atoms with E-state index in [1.165, 1.54) is 0 Å². The van der Waals surface area contributed by atoms with E-state index in [4.69, 9.17) is 4.74 Å². The summed E-state index contributed by atoms with van der Waals surface area (Å²) in [5.74, 6) is 0.639. The number of carbonyl (C=O) groups excluding carboxylic acids is 1. The van der Waals surface area contributed by atoms with Crippen molar-refractivity contribution in [2.24, 2.45) is 5.92 Å². The van der Waals surface area contributed by atoms with Crippen molar-refractivity contribution < 1.29 is 9.53 Å². The van der Waals surface area contributed by atoms with Crippen LogP contribution in [0.25, 0.3) is 0 Å². The summed E-state index contributed by atoms with van der Waals surface area (Å²) < 4.78 is 5.89. The SMILES string of the molecule is CC1COC2(CCN(C(=O)c3ccn[nH]3)C2)C1. The molecule has 0 radical (unpaired) electrons. The molecule has 2 fully saturated rings. The van der Waals surface area contributed by atoms with Crippen LogP contribution in [0.2, 0.25) is 0 Å². The van der Waals surface area contributed by atoms with Crippen LogP contribution in [0.5, 0.6) is 0 Å². The summed E-state index contributed by atoms with van der Waals surface area (Å²) in [5.41, 5.74) is 0.489. The minimum absolute atomic E-state index is 0.0301. The van der Waals surface area contributed by atoms with Crippen LogP contribution in [0.15, 0.2) is 12.3 Å². The number of amides is 1. The minimum atomic E-state index is -0.0743. The standard InChI is InChI=1S/C12H17N3O2/c1-9-6-12(17-7-9)3-5-15(8-12)11(16)10-2-4-13-14-10/h2,4,9H,3,5-8H2,1H3,(H,13,14). The molecule has 3 rings (SSSR count). The first kappa shape index (κ1) is 10.8. The van der Waals surface area contributed by atoms with Gasteiger partial charge in [-0.15, -0.1) is 0 Å². The number of hydrogen-bond acceptors (Lipinski definition) is 3. The van der Waals surface area contributed by atoms with Crippen LogP contribution in [0.4, 0.5) is 0 Å².